The summed E-state index contributed by atoms with van der Waals surface area (Å²) in [5.74, 6) is -1.52. The van der Waals surface area contributed by atoms with Crippen LogP contribution in [0, 0.1) is 0 Å². The van der Waals surface area contributed by atoms with Gasteiger partial charge in [0.25, 0.3) is 0 Å². The van der Waals surface area contributed by atoms with E-state index in [-0.39, 0.29) is 18.6 Å². The molecule has 0 bridgehead atoms. The third kappa shape index (κ3) is 3.55. The molecule has 82 valence electrons. The lowest BCUT2D eigenvalue weighted by Crippen LogP contribution is -2.45. The van der Waals surface area contributed by atoms with E-state index in [0.29, 0.717) is 11.8 Å². The van der Waals surface area contributed by atoms with Gasteiger partial charge in [-0.25, -0.2) is 0 Å². The van der Waals surface area contributed by atoms with Gasteiger partial charge >= 0.3 is 5.97 Å². The van der Waals surface area contributed by atoms with Gasteiger partial charge in [0.2, 0.25) is 0 Å². The standard InChI is InChI=1S/C9H15BrO4/c1-9(2)13-6(4-8(11)12)3-7(5-10)14-9/h6-7H,3-5H2,1-2H3,(H,11,12)/t6-,7?/m1/s1. The van der Waals surface area contributed by atoms with Gasteiger partial charge in [-0.1, -0.05) is 15.9 Å². The van der Waals surface area contributed by atoms with Crippen molar-refractivity contribution < 1.29 is 19.4 Å². The van der Waals surface area contributed by atoms with E-state index in [9.17, 15) is 4.79 Å². The Kier molecular flexibility index (Phi) is 3.92. The molecular formula is C9H15BrO4. The first-order chi connectivity index (χ1) is 6.43. The molecule has 1 saturated heterocycles. The summed E-state index contributed by atoms with van der Waals surface area (Å²) >= 11 is 3.33. The van der Waals surface area contributed by atoms with E-state index >= 15 is 0 Å². The Morgan fingerprint density at radius 3 is 2.57 bits per heavy atom. The molecule has 0 spiro atoms. The lowest BCUT2D eigenvalue weighted by atomic mass is 10.1. The van der Waals surface area contributed by atoms with Crippen molar-refractivity contribution >= 4 is 21.9 Å². The van der Waals surface area contributed by atoms with Gasteiger partial charge in [-0.2, -0.15) is 0 Å². The quantitative estimate of drug-likeness (QED) is 0.792. The SMILES string of the molecule is CC1(C)OC(CBr)C[C@H](CC(=O)O)O1. The topological polar surface area (TPSA) is 55.8 Å². The van der Waals surface area contributed by atoms with E-state index in [0.717, 1.165) is 0 Å². The number of halogens is 1. The molecule has 1 unspecified atom stereocenters. The summed E-state index contributed by atoms with van der Waals surface area (Å²) in [6.45, 7) is 3.60. The molecule has 14 heavy (non-hydrogen) atoms. The molecule has 2 atom stereocenters. The zero-order chi connectivity index (χ0) is 10.8. The highest BCUT2D eigenvalue weighted by molar-refractivity contribution is 9.09. The van der Waals surface area contributed by atoms with Crippen molar-refractivity contribution in [2.24, 2.45) is 0 Å². The number of ether oxygens (including phenoxy) is 2. The maximum atomic E-state index is 10.5. The van der Waals surface area contributed by atoms with Gasteiger partial charge in [0.15, 0.2) is 5.79 Å². The summed E-state index contributed by atoms with van der Waals surface area (Å²) in [6, 6.07) is 0. The first kappa shape index (κ1) is 11.9. The Hall–Kier alpha value is -0.130. The number of hydrogen-bond acceptors (Lipinski definition) is 3. The first-order valence-corrected chi connectivity index (χ1v) is 5.68. The van der Waals surface area contributed by atoms with Gasteiger partial charge in [0.1, 0.15) is 0 Å². The van der Waals surface area contributed by atoms with Crippen LogP contribution in [0.3, 0.4) is 0 Å². The zero-order valence-corrected chi connectivity index (χ0v) is 9.91. The van der Waals surface area contributed by atoms with Gasteiger partial charge in [-0.15, -0.1) is 0 Å². The molecule has 0 aromatic carbocycles. The fraction of sp³-hybridized carbons (Fsp3) is 0.889. The van der Waals surface area contributed by atoms with Crippen LogP contribution < -0.4 is 0 Å². The average molecular weight is 267 g/mol. The van der Waals surface area contributed by atoms with Crippen molar-refractivity contribution in [3.8, 4) is 0 Å². The third-order valence-electron chi connectivity index (χ3n) is 2.00. The Morgan fingerprint density at radius 2 is 2.07 bits per heavy atom. The predicted octanol–water partition coefficient (Wildman–Crippen LogP) is 1.77. The van der Waals surface area contributed by atoms with E-state index in [1.165, 1.54) is 0 Å². The van der Waals surface area contributed by atoms with Gasteiger partial charge in [0, 0.05) is 11.8 Å². The minimum atomic E-state index is -0.832. The van der Waals surface area contributed by atoms with E-state index in [2.05, 4.69) is 15.9 Å². The van der Waals surface area contributed by atoms with Crippen LogP contribution in [-0.2, 0) is 14.3 Å². The summed E-state index contributed by atoms with van der Waals surface area (Å²) in [6.07, 6.45) is 0.443. The maximum absolute atomic E-state index is 10.5. The molecule has 4 nitrogen and oxygen atoms in total. The van der Waals surface area contributed by atoms with Crippen molar-refractivity contribution in [3.05, 3.63) is 0 Å². The second-order valence-corrected chi connectivity index (χ2v) is 4.51. The van der Waals surface area contributed by atoms with Crippen LogP contribution >= 0.6 is 15.9 Å². The minimum absolute atomic E-state index is 0.0306. The molecule has 0 amide bonds. The van der Waals surface area contributed by atoms with Crippen LogP contribution in [0.5, 0.6) is 0 Å². The normalized spacial score (nSPS) is 31.4. The monoisotopic (exact) mass is 266 g/mol. The Balaban J connectivity index is 2.56. The molecule has 1 aliphatic rings. The van der Waals surface area contributed by atoms with Crippen LogP contribution in [0.1, 0.15) is 26.7 Å². The molecule has 0 aromatic heterocycles. The smallest absolute Gasteiger partial charge is 0.305 e. The number of carboxylic acids is 1. The minimum Gasteiger partial charge on any atom is -0.481 e. The van der Waals surface area contributed by atoms with Crippen molar-refractivity contribution in [2.75, 3.05) is 5.33 Å². The van der Waals surface area contributed by atoms with Crippen molar-refractivity contribution in [1.29, 1.82) is 0 Å². The Labute approximate surface area is 91.7 Å². The van der Waals surface area contributed by atoms with Crippen LogP contribution in [-0.4, -0.2) is 34.4 Å². The van der Waals surface area contributed by atoms with Crippen molar-refractivity contribution in [1.82, 2.24) is 0 Å². The third-order valence-corrected chi connectivity index (χ3v) is 2.72. The molecule has 0 saturated carbocycles. The summed E-state index contributed by atoms with van der Waals surface area (Å²) in [5.41, 5.74) is 0. The lowest BCUT2D eigenvalue weighted by molar-refractivity contribution is -0.294. The van der Waals surface area contributed by atoms with Gasteiger partial charge in [-0.3, -0.25) is 4.79 Å². The maximum Gasteiger partial charge on any atom is 0.305 e. The molecular weight excluding hydrogens is 252 g/mol. The second kappa shape index (κ2) is 4.59. The summed E-state index contributed by atoms with van der Waals surface area (Å²) in [4.78, 5) is 10.5. The van der Waals surface area contributed by atoms with Crippen molar-refractivity contribution in [2.45, 2.75) is 44.7 Å². The highest BCUT2D eigenvalue weighted by Crippen LogP contribution is 2.28. The Bertz CT molecular complexity index is 217. The van der Waals surface area contributed by atoms with E-state index in [4.69, 9.17) is 14.6 Å². The van der Waals surface area contributed by atoms with Gasteiger partial charge in [-0.05, 0) is 13.8 Å². The van der Waals surface area contributed by atoms with Gasteiger partial charge in [0.05, 0.1) is 18.6 Å². The molecule has 0 radical (unpaired) electrons. The van der Waals surface area contributed by atoms with Crippen LogP contribution in [0.15, 0.2) is 0 Å². The molecule has 1 heterocycles. The number of rotatable bonds is 3. The average Bonchev–Trinajstić information content (AvgIpc) is 1.99. The highest BCUT2D eigenvalue weighted by Gasteiger charge is 2.35. The molecule has 0 aliphatic carbocycles. The number of carbonyl (C=O) groups is 1. The molecule has 1 aliphatic heterocycles. The fourth-order valence-electron chi connectivity index (χ4n) is 1.63. The van der Waals surface area contributed by atoms with Crippen molar-refractivity contribution in [3.63, 3.8) is 0 Å². The highest BCUT2D eigenvalue weighted by atomic mass is 79.9. The molecule has 5 heteroatoms. The Morgan fingerprint density at radius 1 is 1.50 bits per heavy atom. The molecule has 0 aromatic rings. The van der Waals surface area contributed by atoms with E-state index in [1.54, 1.807) is 13.8 Å². The number of alkyl halides is 1. The largest absolute Gasteiger partial charge is 0.481 e. The summed E-state index contributed by atoms with van der Waals surface area (Å²) in [7, 11) is 0. The van der Waals surface area contributed by atoms with E-state index < -0.39 is 11.8 Å². The van der Waals surface area contributed by atoms with Crippen LogP contribution in [0.25, 0.3) is 0 Å². The fourth-order valence-corrected chi connectivity index (χ4v) is 2.03. The number of carboxylic acid groups (broad SMARTS) is 1. The van der Waals surface area contributed by atoms with Crippen LogP contribution in [0.4, 0.5) is 0 Å². The van der Waals surface area contributed by atoms with E-state index in [1.807, 2.05) is 0 Å². The summed E-state index contributed by atoms with van der Waals surface area (Å²) < 4.78 is 11.1. The second-order valence-electron chi connectivity index (χ2n) is 3.87. The van der Waals surface area contributed by atoms with Crippen LogP contribution in [0.2, 0.25) is 0 Å². The first-order valence-electron chi connectivity index (χ1n) is 4.56. The molecule has 1 fully saturated rings. The lowest BCUT2D eigenvalue weighted by Gasteiger charge is -2.39. The zero-order valence-electron chi connectivity index (χ0n) is 8.33. The van der Waals surface area contributed by atoms with Gasteiger partial charge < -0.3 is 14.6 Å². The summed E-state index contributed by atoms with van der Waals surface area (Å²) in [5, 5.41) is 9.37. The molecule has 1 N–H and O–H groups in total. The predicted molar refractivity (Wildman–Crippen MR) is 54.5 cm³/mol. The number of hydrogen-bond donors (Lipinski definition) is 1. The molecule has 1 rings (SSSR count). The number of aliphatic carboxylic acids is 1.